The summed E-state index contributed by atoms with van der Waals surface area (Å²) < 4.78 is 0. The Morgan fingerprint density at radius 3 is 1.81 bits per heavy atom. The Labute approximate surface area is 184 Å². The lowest BCUT2D eigenvalue weighted by Gasteiger charge is -2.30. The summed E-state index contributed by atoms with van der Waals surface area (Å²) in [6.45, 7) is 3.44. The minimum Gasteiger partial charge on any atom is -0.480 e. The number of rotatable bonds is 6. The number of nitrogens with one attached hydrogen (secondary N) is 1. The fraction of sp³-hybridized carbons (Fsp3) is 0.560. The lowest BCUT2D eigenvalue weighted by molar-refractivity contribution is -0.141. The van der Waals surface area contributed by atoms with E-state index < -0.39 is 23.8 Å². The van der Waals surface area contributed by atoms with Gasteiger partial charge in [0.2, 0.25) is 0 Å². The topological polar surface area (TPSA) is 86.7 Å². The summed E-state index contributed by atoms with van der Waals surface area (Å²) in [5.41, 5.74) is 0.496. The molecular formula is C25H34N2O4. The molecule has 168 valence electrons. The van der Waals surface area contributed by atoms with Crippen LogP contribution in [0.15, 0.2) is 36.9 Å². The monoisotopic (exact) mass is 426 g/mol. The van der Waals surface area contributed by atoms with Crippen molar-refractivity contribution in [1.29, 1.82) is 0 Å². The van der Waals surface area contributed by atoms with Crippen LogP contribution in [0, 0.1) is 0 Å². The molecule has 1 aromatic carbocycles. The third-order valence-electron chi connectivity index (χ3n) is 6.49. The molecule has 2 aliphatic carbocycles. The molecule has 3 aliphatic rings. The first-order valence-electron chi connectivity index (χ1n) is 11.6. The van der Waals surface area contributed by atoms with E-state index >= 15 is 0 Å². The van der Waals surface area contributed by atoms with Crippen molar-refractivity contribution in [3.8, 4) is 0 Å². The Morgan fingerprint density at radius 1 is 0.968 bits per heavy atom. The maximum atomic E-state index is 12.0. The van der Waals surface area contributed by atoms with Gasteiger partial charge in [-0.3, -0.25) is 14.5 Å². The molecule has 1 aromatic rings. The van der Waals surface area contributed by atoms with Gasteiger partial charge in [-0.05, 0) is 44.2 Å². The highest BCUT2D eigenvalue weighted by Crippen LogP contribution is 2.26. The molecule has 31 heavy (non-hydrogen) atoms. The predicted octanol–water partition coefficient (Wildman–Crippen LogP) is 4.55. The van der Waals surface area contributed by atoms with E-state index in [2.05, 4.69) is 11.9 Å². The highest BCUT2D eigenvalue weighted by Gasteiger charge is 2.42. The molecule has 2 N–H and O–H groups in total. The van der Waals surface area contributed by atoms with Crippen molar-refractivity contribution in [2.24, 2.45) is 0 Å². The fourth-order valence-corrected chi connectivity index (χ4v) is 4.84. The van der Waals surface area contributed by atoms with Crippen LogP contribution in [0.25, 0.3) is 0 Å². The van der Waals surface area contributed by atoms with Crippen LogP contribution in [0.3, 0.4) is 0 Å². The number of benzene rings is 1. The quantitative estimate of drug-likeness (QED) is 0.515. The number of hydrogen-bond donors (Lipinski definition) is 2. The van der Waals surface area contributed by atoms with E-state index in [1.54, 1.807) is 12.1 Å². The Hall–Kier alpha value is -2.47. The molecule has 1 aliphatic heterocycles. The van der Waals surface area contributed by atoms with Crippen molar-refractivity contribution in [3.05, 3.63) is 48.0 Å². The van der Waals surface area contributed by atoms with Gasteiger partial charge in [-0.2, -0.15) is 0 Å². The van der Waals surface area contributed by atoms with Gasteiger partial charge >= 0.3 is 5.97 Å². The Balaban J connectivity index is 0.000000185. The van der Waals surface area contributed by atoms with Gasteiger partial charge in [0.15, 0.2) is 0 Å². The summed E-state index contributed by atoms with van der Waals surface area (Å²) >= 11 is 0. The van der Waals surface area contributed by atoms with E-state index in [-0.39, 0.29) is 17.5 Å². The SMILES string of the molecule is C1CCC(NC2CCCCC2)CC1.C=CC[C@@H](C(=O)O)N1C(=O)c2ccccc2C1=O. The van der Waals surface area contributed by atoms with Crippen LogP contribution < -0.4 is 5.32 Å². The number of nitrogens with zero attached hydrogens (tertiary/aromatic N) is 1. The van der Waals surface area contributed by atoms with Gasteiger partial charge < -0.3 is 10.4 Å². The number of imide groups is 1. The van der Waals surface area contributed by atoms with Gasteiger partial charge in [-0.1, -0.05) is 56.7 Å². The van der Waals surface area contributed by atoms with E-state index in [0.717, 1.165) is 17.0 Å². The van der Waals surface area contributed by atoms with Crippen molar-refractivity contribution in [2.75, 3.05) is 0 Å². The number of carboxylic acids is 1. The summed E-state index contributed by atoms with van der Waals surface area (Å²) in [7, 11) is 0. The van der Waals surface area contributed by atoms with Crippen molar-refractivity contribution in [2.45, 2.75) is 88.8 Å². The summed E-state index contributed by atoms with van der Waals surface area (Å²) in [5.74, 6) is -2.35. The van der Waals surface area contributed by atoms with Gasteiger partial charge in [-0.15, -0.1) is 6.58 Å². The minimum absolute atomic E-state index is 0.0286. The molecule has 0 unspecified atom stereocenters. The Bertz CT molecular complexity index is 743. The van der Waals surface area contributed by atoms with Gasteiger partial charge in [0.1, 0.15) is 6.04 Å². The molecule has 0 aromatic heterocycles. The third kappa shape index (κ3) is 5.82. The predicted molar refractivity (Wildman–Crippen MR) is 120 cm³/mol. The number of fused-ring (bicyclic) bond motifs is 1. The van der Waals surface area contributed by atoms with Crippen LogP contribution in [0.4, 0.5) is 0 Å². The van der Waals surface area contributed by atoms with Crippen molar-refractivity contribution < 1.29 is 19.5 Å². The number of amides is 2. The standard InChI is InChI=1S/C13H11NO4.C12H23N/c1-2-5-10(13(17)18)14-11(15)8-6-3-4-7-9(8)12(14)16;1-3-7-11(8-4-1)13-12-9-5-2-6-10-12/h2-4,6-7,10H,1,5H2,(H,17,18);11-13H,1-10H2/t10-;/m0./s1. The zero-order valence-corrected chi connectivity index (χ0v) is 18.2. The lowest BCUT2D eigenvalue weighted by atomic mass is 9.91. The second kappa shape index (κ2) is 11.2. The average Bonchev–Trinajstić information content (AvgIpc) is 3.04. The van der Waals surface area contributed by atoms with Crippen LogP contribution in [-0.2, 0) is 4.79 Å². The molecule has 0 spiro atoms. The molecule has 1 heterocycles. The normalized spacial score (nSPS) is 20.6. The van der Waals surface area contributed by atoms with Crippen LogP contribution >= 0.6 is 0 Å². The Kier molecular flexibility index (Phi) is 8.41. The third-order valence-corrected chi connectivity index (χ3v) is 6.49. The van der Waals surface area contributed by atoms with Crippen molar-refractivity contribution >= 4 is 17.8 Å². The van der Waals surface area contributed by atoms with Crippen LogP contribution in [-0.4, -0.2) is 45.9 Å². The molecule has 0 radical (unpaired) electrons. The smallest absolute Gasteiger partial charge is 0.327 e. The van der Waals surface area contributed by atoms with Crippen molar-refractivity contribution in [1.82, 2.24) is 10.2 Å². The van der Waals surface area contributed by atoms with E-state index in [0.29, 0.717) is 0 Å². The minimum atomic E-state index is -1.22. The van der Waals surface area contributed by atoms with E-state index in [1.165, 1.54) is 82.4 Å². The molecule has 1 atom stereocenters. The molecule has 6 nitrogen and oxygen atoms in total. The van der Waals surface area contributed by atoms with Gasteiger partial charge in [0.05, 0.1) is 11.1 Å². The molecule has 2 saturated carbocycles. The van der Waals surface area contributed by atoms with E-state index in [4.69, 9.17) is 5.11 Å². The molecule has 2 fully saturated rings. The summed E-state index contributed by atoms with van der Waals surface area (Å²) in [6.07, 6.45) is 16.0. The first-order chi connectivity index (χ1) is 15.0. The highest BCUT2D eigenvalue weighted by molar-refractivity contribution is 6.22. The number of carbonyl (C=O) groups excluding carboxylic acids is 2. The number of aliphatic carboxylic acids is 1. The Morgan fingerprint density at radius 2 is 1.42 bits per heavy atom. The number of carbonyl (C=O) groups is 3. The average molecular weight is 427 g/mol. The van der Waals surface area contributed by atoms with Gasteiger partial charge in [0.25, 0.3) is 11.8 Å². The summed E-state index contributed by atoms with van der Waals surface area (Å²) in [5, 5.41) is 12.9. The zero-order chi connectivity index (χ0) is 22.2. The first kappa shape index (κ1) is 23.2. The maximum Gasteiger partial charge on any atom is 0.327 e. The largest absolute Gasteiger partial charge is 0.480 e. The lowest BCUT2D eigenvalue weighted by Crippen LogP contribution is -2.44. The highest BCUT2D eigenvalue weighted by atomic mass is 16.4. The van der Waals surface area contributed by atoms with Gasteiger partial charge in [0, 0.05) is 12.1 Å². The maximum absolute atomic E-state index is 12.0. The van der Waals surface area contributed by atoms with Crippen LogP contribution in [0.5, 0.6) is 0 Å². The van der Waals surface area contributed by atoms with Crippen LogP contribution in [0.2, 0.25) is 0 Å². The number of hydrogen-bond acceptors (Lipinski definition) is 4. The van der Waals surface area contributed by atoms with Crippen LogP contribution in [0.1, 0.15) is 91.3 Å². The fourth-order valence-electron chi connectivity index (χ4n) is 4.84. The second-order valence-electron chi connectivity index (χ2n) is 8.74. The summed E-state index contributed by atoms with van der Waals surface area (Å²) in [4.78, 5) is 36.0. The van der Waals surface area contributed by atoms with E-state index in [9.17, 15) is 14.4 Å². The molecule has 4 rings (SSSR count). The molecule has 2 amide bonds. The molecule has 6 heteroatoms. The zero-order valence-electron chi connectivity index (χ0n) is 18.2. The van der Waals surface area contributed by atoms with Gasteiger partial charge in [-0.25, -0.2) is 4.79 Å². The molecular weight excluding hydrogens is 392 g/mol. The van der Waals surface area contributed by atoms with Crippen molar-refractivity contribution in [3.63, 3.8) is 0 Å². The molecule has 0 bridgehead atoms. The van der Waals surface area contributed by atoms with E-state index in [1.807, 2.05) is 0 Å². The first-order valence-corrected chi connectivity index (χ1v) is 11.6. The summed E-state index contributed by atoms with van der Waals surface area (Å²) in [6, 6.07) is 6.85. The number of carboxylic acid groups (broad SMARTS) is 1. The molecule has 0 saturated heterocycles. The second-order valence-corrected chi connectivity index (χ2v) is 8.74.